The first-order valence-corrected chi connectivity index (χ1v) is 5.39. The van der Waals surface area contributed by atoms with Crippen LogP contribution < -0.4 is 0 Å². The van der Waals surface area contributed by atoms with Gasteiger partial charge in [0, 0.05) is 18.0 Å². The molecule has 1 heterocycles. The molecule has 0 aromatic carbocycles. The fraction of sp³-hybridized carbons (Fsp3) is 0.636. The van der Waals surface area contributed by atoms with Crippen LogP contribution in [0.4, 0.5) is 13.2 Å². The molecule has 0 aliphatic heterocycles. The first-order valence-electron chi connectivity index (χ1n) is 5.39. The highest BCUT2D eigenvalue weighted by Crippen LogP contribution is 2.30. The molecule has 0 fully saturated rings. The second-order valence-electron chi connectivity index (χ2n) is 4.29. The van der Waals surface area contributed by atoms with Crippen molar-refractivity contribution >= 4 is 0 Å². The third kappa shape index (κ3) is 2.58. The third-order valence-corrected chi connectivity index (χ3v) is 2.89. The van der Waals surface area contributed by atoms with E-state index >= 15 is 0 Å². The average Bonchev–Trinajstić information content (AvgIpc) is 2.45. The van der Waals surface area contributed by atoms with Gasteiger partial charge in [-0.3, -0.25) is 0 Å². The number of hydrogen-bond donors (Lipinski definition) is 1. The second-order valence-corrected chi connectivity index (χ2v) is 4.29. The number of alkyl halides is 3. The Morgan fingerprint density at radius 3 is 2.75 bits per heavy atom. The van der Waals surface area contributed by atoms with E-state index in [1.165, 1.54) is 12.4 Å². The summed E-state index contributed by atoms with van der Waals surface area (Å²) in [5.41, 5.74) is 1.52. The van der Waals surface area contributed by atoms with E-state index in [4.69, 9.17) is 0 Å². The van der Waals surface area contributed by atoms with Crippen molar-refractivity contribution in [2.24, 2.45) is 0 Å². The monoisotopic (exact) mass is 233 g/mol. The van der Waals surface area contributed by atoms with Gasteiger partial charge in [-0.1, -0.05) is 6.42 Å². The Balaban J connectivity index is 2.22. The number of fused-ring (bicyclic) bond motifs is 1. The number of aromatic nitrogens is 1. The van der Waals surface area contributed by atoms with Crippen molar-refractivity contribution < 1.29 is 18.3 Å². The molecule has 1 atom stereocenters. The molecule has 2 rings (SSSR count). The number of rotatable bonds is 1. The lowest BCUT2D eigenvalue weighted by Crippen LogP contribution is -2.16. The van der Waals surface area contributed by atoms with Crippen LogP contribution in [0.25, 0.3) is 0 Å². The lowest BCUT2D eigenvalue weighted by Gasteiger charge is -2.08. The molecule has 1 N–H and O–H groups in total. The van der Waals surface area contributed by atoms with Gasteiger partial charge in [0.1, 0.15) is 6.54 Å². The van der Waals surface area contributed by atoms with Gasteiger partial charge in [0.05, 0.1) is 6.10 Å². The van der Waals surface area contributed by atoms with Crippen molar-refractivity contribution in [3.05, 3.63) is 23.5 Å². The number of halogens is 3. The fourth-order valence-electron chi connectivity index (χ4n) is 2.19. The van der Waals surface area contributed by atoms with Crippen molar-refractivity contribution in [3.63, 3.8) is 0 Å². The van der Waals surface area contributed by atoms with E-state index in [9.17, 15) is 18.3 Å². The predicted molar refractivity (Wildman–Crippen MR) is 53.0 cm³/mol. The van der Waals surface area contributed by atoms with Crippen LogP contribution in [0.15, 0.2) is 12.4 Å². The molecule has 0 radical (unpaired) electrons. The molecule has 90 valence electrons. The van der Waals surface area contributed by atoms with Crippen LogP contribution in [0.2, 0.25) is 0 Å². The molecule has 1 aliphatic rings. The molecule has 1 aromatic heterocycles. The molecular formula is C11H14F3NO. The summed E-state index contributed by atoms with van der Waals surface area (Å²) in [4.78, 5) is 0. The number of nitrogens with zero attached hydrogens (tertiary/aromatic N) is 1. The summed E-state index contributed by atoms with van der Waals surface area (Å²) < 4.78 is 37.7. The van der Waals surface area contributed by atoms with Gasteiger partial charge in [-0.05, 0) is 24.8 Å². The van der Waals surface area contributed by atoms with Crippen LogP contribution >= 0.6 is 0 Å². The van der Waals surface area contributed by atoms with Gasteiger partial charge < -0.3 is 9.67 Å². The van der Waals surface area contributed by atoms with Crippen LogP contribution in [0.3, 0.4) is 0 Å². The Morgan fingerprint density at radius 1 is 1.31 bits per heavy atom. The molecule has 0 saturated heterocycles. The summed E-state index contributed by atoms with van der Waals surface area (Å²) in [6.07, 6.45) is 1.39. The highest BCUT2D eigenvalue weighted by molar-refractivity contribution is 5.28. The van der Waals surface area contributed by atoms with Crippen LogP contribution in [0.1, 0.15) is 36.5 Å². The van der Waals surface area contributed by atoms with E-state index in [0.717, 1.165) is 29.4 Å². The van der Waals surface area contributed by atoms with Crippen molar-refractivity contribution in [1.29, 1.82) is 0 Å². The van der Waals surface area contributed by atoms with E-state index in [1.54, 1.807) is 0 Å². The quantitative estimate of drug-likeness (QED) is 0.741. The summed E-state index contributed by atoms with van der Waals surface area (Å²) >= 11 is 0. The van der Waals surface area contributed by atoms with Crippen molar-refractivity contribution in [1.82, 2.24) is 4.57 Å². The van der Waals surface area contributed by atoms with Crippen molar-refractivity contribution in [2.45, 2.75) is 44.5 Å². The van der Waals surface area contributed by atoms with Crippen LogP contribution in [-0.4, -0.2) is 15.8 Å². The topological polar surface area (TPSA) is 25.2 Å². The molecular weight excluding hydrogens is 219 g/mol. The molecule has 1 aliphatic carbocycles. The lowest BCUT2D eigenvalue weighted by atomic mass is 10.1. The highest BCUT2D eigenvalue weighted by Gasteiger charge is 2.29. The Hall–Kier alpha value is -0.970. The zero-order valence-corrected chi connectivity index (χ0v) is 8.80. The largest absolute Gasteiger partial charge is 0.406 e. The molecule has 0 spiro atoms. The first kappa shape index (κ1) is 11.5. The molecule has 2 nitrogen and oxygen atoms in total. The standard InChI is InChI=1S/C11H14F3NO/c12-11(13,14)7-15-5-8-3-1-2-4-10(16)9(8)6-15/h5-6,10,16H,1-4,7H2. The molecule has 0 saturated carbocycles. The van der Waals surface area contributed by atoms with Gasteiger partial charge in [0.15, 0.2) is 0 Å². The van der Waals surface area contributed by atoms with Gasteiger partial charge in [-0.25, -0.2) is 0 Å². The summed E-state index contributed by atoms with van der Waals surface area (Å²) in [7, 11) is 0. The molecule has 1 aromatic rings. The minimum Gasteiger partial charge on any atom is -0.388 e. The van der Waals surface area contributed by atoms with E-state index < -0.39 is 18.8 Å². The van der Waals surface area contributed by atoms with E-state index in [0.29, 0.717) is 12.0 Å². The summed E-state index contributed by atoms with van der Waals surface area (Å²) in [5, 5.41) is 9.76. The van der Waals surface area contributed by atoms with Gasteiger partial charge >= 0.3 is 6.18 Å². The molecule has 16 heavy (non-hydrogen) atoms. The van der Waals surface area contributed by atoms with Gasteiger partial charge in [0.2, 0.25) is 0 Å². The van der Waals surface area contributed by atoms with E-state index in [1.807, 2.05) is 0 Å². The Morgan fingerprint density at radius 2 is 2.06 bits per heavy atom. The number of aliphatic hydroxyl groups excluding tert-OH is 1. The third-order valence-electron chi connectivity index (χ3n) is 2.89. The zero-order chi connectivity index (χ0) is 11.8. The normalized spacial score (nSPS) is 21.6. The average molecular weight is 233 g/mol. The van der Waals surface area contributed by atoms with E-state index in [-0.39, 0.29) is 0 Å². The van der Waals surface area contributed by atoms with Crippen LogP contribution in [0, 0.1) is 0 Å². The summed E-state index contributed by atoms with van der Waals surface area (Å²) in [6, 6.07) is 0. The maximum Gasteiger partial charge on any atom is 0.406 e. The number of aliphatic hydroxyl groups is 1. The highest BCUT2D eigenvalue weighted by atomic mass is 19.4. The lowest BCUT2D eigenvalue weighted by molar-refractivity contribution is -0.140. The minimum absolute atomic E-state index is 0.605. The zero-order valence-electron chi connectivity index (χ0n) is 8.80. The summed E-state index contributed by atoms with van der Waals surface area (Å²) in [5.74, 6) is 0. The maximum absolute atomic E-state index is 12.2. The van der Waals surface area contributed by atoms with Crippen molar-refractivity contribution in [3.8, 4) is 0 Å². The van der Waals surface area contributed by atoms with Gasteiger partial charge in [-0.15, -0.1) is 0 Å². The SMILES string of the molecule is OC1CCCCc2cn(CC(F)(F)F)cc21. The Labute approximate surface area is 91.7 Å². The molecule has 0 bridgehead atoms. The van der Waals surface area contributed by atoms with Crippen LogP contribution in [-0.2, 0) is 13.0 Å². The number of aryl methyl sites for hydroxylation is 1. The van der Waals surface area contributed by atoms with Crippen molar-refractivity contribution in [2.75, 3.05) is 0 Å². The molecule has 0 amide bonds. The maximum atomic E-state index is 12.2. The summed E-state index contributed by atoms with van der Waals surface area (Å²) in [6.45, 7) is -0.979. The number of hydrogen-bond acceptors (Lipinski definition) is 1. The molecule has 1 unspecified atom stereocenters. The van der Waals surface area contributed by atoms with E-state index in [2.05, 4.69) is 0 Å². The fourth-order valence-corrected chi connectivity index (χ4v) is 2.19. The molecule has 5 heteroatoms. The van der Waals surface area contributed by atoms with Gasteiger partial charge in [-0.2, -0.15) is 13.2 Å². The predicted octanol–water partition coefficient (Wildman–Crippen LogP) is 2.81. The second kappa shape index (κ2) is 4.13. The minimum atomic E-state index is -4.21. The Bertz CT molecular complexity index is 370. The van der Waals surface area contributed by atoms with Gasteiger partial charge in [0.25, 0.3) is 0 Å². The van der Waals surface area contributed by atoms with Crippen LogP contribution in [0.5, 0.6) is 0 Å². The smallest absolute Gasteiger partial charge is 0.388 e. The Kier molecular flexibility index (Phi) is 2.97. The first-order chi connectivity index (χ1) is 7.46.